The van der Waals surface area contributed by atoms with Gasteiger partial charge in [-0.05, 0) is 37.1 Å². The van der Waals surface area contributed by atoms with Crippen LogP contribution in [0.15, 0.2) is 18.2 Å². The van der Waals surface area contributed by atoms with E-state index in [4.69, 9.17) is 14.2 Å². The SMILES string of the molecule is CCCCOCCOc1ccc(CNCCC)cc1OC. The molecule has 0 bridgehead atoms. The van der Waals surface area contributed by atoms with E-state index in [0.717, 1.165) is 50.5 Å². The lowest BCUT2D eigenvalue weighted by atomic mass is 10.2. The standard InChI is InChI=1S/C17H29NO3/c1-4-6-10-20-11-12-21-16-8-7-15(13-17(16)19-3)14-18-9-5-2/h7-8,13,18H,4-6,9-12,14H2,1-3H3. The number of ether oxygens (including phenoxy) is 3. The molecule has 0 spiro atoms. The average Bonchev–Trinajstić information content (AvgIpc) is 2.51. The molecule has 0 fully saturated rings. The van der Waals surface area contributed by atoms with Crippen LogP contribution in [0.2, 0.25) is 0 Å². The zero-order valence-electron chi connectivity index (χ0n) is 13.6. The molecule has 0 saturated heterocycles. The van der Waals surface area contributed by atoms with Gasteiger partial charge in [0, 0.05) is 13.2 Å². The fourth-order valence-corrected chi connectivity index (χ4v) is 1.91. The van der Waals surface area contributed by atoms with Gasteiger partial charge in [-0.25, -0.2) is 0 Å². The Labute approximate surface area is 128 Å². The Morgan fingerprint density at radius 3 is 2.57 bits per heavy atom. The Kier molecular flexibility index (Phi) is 9.66. The van der Waals surface area contributed by atoms with Crippen LogP contribution in [0.25, 0.3) is 0 Å². The van der Waals surface area contributed by atoms with E-state index in [1.807, 2.05) is 12.1 Å². The van der Waals surface area contributed by atoms with E-state index in [1.54, 1.807) is 7.11 Å². The third kappa shape index (κ3) is 7.34. The molecule has 0 aliphatic rings. The minimum absolute atomic E-state index is 0.549. The second-order valence-corrected chi connectivity index (χ2v) is 4.98. The fourth-order valence-electron chi connectivity index (χ4n) is 1.91. The van der Waals surface area contributed by atoms with E-state index in [9.17, 15) is 0 Å². The zero-order chi connectivity index (χ0) is 15.3. The van der Waals surface area contributed by atoms with Crippen LogP contribution in [0.4, 0.5) is 0 Å². The molecule has 120 valence electrons. The Morgan fingerprint density at radius 2 is 1.86 bits per heavy atom. The minimum atomic E-state index is 0.549. The predicted molar refractivity (Wildman–Crippen MR) is 86.2 cm³/mol. The van der Waals surface area contributed by atoms with Gasteiger partial charge in [-0.15, -0.1) is 0 Å². The molecule has 0 radical (unpaired) electrons. The number of rotatable bonds is 12. The predicted octanol–water partition coefficient (Wildman–Crippen LogP) is 3.39. The summed E-state index contributed by atoms with van der Waals surface area (Å²) in [6.45, 7) is 8.16. The molecule has 1 N–H and O–H groups in total. The third-order valence-electron chi connectivity index (χ3n) is 3.11. The van der Waals surface area contributed by atoms with Gasteiger partial charge < -0.3 is 19.5 Å². The van der Waals surface area contributed by atoms with Gasteiger partial charge in [-0.2, -0.15) is 0 Å². The molecule has 4 heteroatoms. The highest BCUT2D eigenvalue weighted by Crippen LogP contribution is 2.28. The number of unbranched alkanes of at least 4 members (excludes halogenated alkanes) is 1. The second-order valence-electron chi connectivity index (χ2n) is 4.98. The molecule has 0 saturated carbocycles. The second kappa shape index (κ2) is 11.4. The summed E-state index contributed by atoms with van der Waals surface area (Å²) < 4.78 is 16.6. The van der Waals surface area contributed by atoms with Crippen LogP contribution < -0.4 is 14.8 Å². The van der Waals surface area contributed by atoms with Gasteiger partial charge in [0.2, 0.25) is 0 Å². The molecule has 4 nitrogen and oxygen atoms in total. The van der Waals surface area contributed by atoms with Crippen LogP contribution in [0.5, 0.6) is 11.5 Å². The first-order valence-corrected chi connectivity index (χ1v) is 7.90. The summed E-state index contributed by atoms with van der Waals surface area (Å²) in [5.41, 5.74) is 1.20. The number of hydrogen-bond donors (Lipinski definition) is 1. The van der Waals surface area contributed by atoms with Gasteiger partial charge in [-0.3, -0.25) is 0 Å². The van der Waals surface area contributed by atoms with Gasteiger partial charge in [0.15, 0.2) is 11.5 Å². The summed E-state index contributed by atoms with van der Waals surface area (Å²) in [6.07, 6.45) is 3.39. The molecule has 0 amide bonds. The Bertz CT molecular complexity index is 382. The smallest absolute Gasteiger partial charge is 0.161 e. The van der Waals surface area contributed by atoms with Crippen molar-refractivity contribution in [3.63, 3.8) is 0 Å². The van der Waals surface area contributed by atoms with E-state index >= 15 is 0 Å². The molecule has 0 heterocycles. The maximum Gasteiger partial charge on any atom is 0.161 e. The minimum Gasteiger partial charge on any atom is -0.493 e. The topological polar surface area (TPSA) is 39.7 Å². The van der Waals surface area contributed by atoms with Crippen molar-refractivity contribution in [1.82, 2.24) is 5.32 Å². The molecule has 1 rings (SSSR count). The molecular weight excluding hydrogens is 266 g/mol. The molecule has 1 aromatic rings. The third-order valence-corrected chi connectivity index (χ3v) is 3.11. The Hall–Kier alpha value is -1.26. The van der Waals surface area contributed by atoms with Gasteiger partial charge in [0.05, 0.1) is 13.7 Å². The first-order chi connectivity index (χ1) is 10.3. The lowest BCUT2D eigenvalue weighted by molar-refractivity contribution is 0.0970. The van der Waals surface area contributed by atoms with Crippen molar-refractivity contribution >= 4 is 0 Å². The highest BCUT2D eigenvalue weighted by Gasteiger charge is 2.05. The number of nitrogens with one attached hydrogen (secondary N) is 1. The van der Waals surface area contributed by atoms with Gasteiger partial charge in [0.25, 0.3) is 0 Å². The van der Waals surface area contributed by atoms with Gasteiger partial charge >= 0.3 is 0 Å². The molecule has 1 aromatic carbocycles. The van der Waals surface area contributed by atoms with Crippen LogP contribution in [-0.2, 0) is 11.3 Å². The van der Waals surface area contributed by atoms with Crippen molar-refractivity contribution in [3.8, 4) is 11.5 Å². The summed E-state index contributed by atoms with van der Waals surface area (Å²) in [5, 5.41) is 3.38. The zero-order valence-corrected chi connectivity index (χ0v) is 13.6. The van der Waals surface area contributed by atoms with Crippen molar-refractivity contribution < 1.29 is 14.2 Å². The fraction of sp³-hybridized carbons (Fsp3) is 0.647. The highest BCUT2D eigenvalue weighted by molar-refractivity contribution is 5.42. The van der Waals surface area contributed by atoms with Crippen LogP contribution in [0, 0.1) is 0 Å². The lowest BCUT2D eigenvalue weighted by Gasteiger charge is -2.12. The molecule has 0 aliphatic heterocycles. The van der Waals surface area contributed by atoms with Crippen molar-refractivity contribution in [2.45, 2.75) is 39.7 Å². The van der Waals surface area contributed by atoms with E-state index in [0.29, 0.717) is 13.2 Å². The summed E-state index contributed by atoms with van der Waals surface area (Å²) in [5.74, 6) is 1.55. The number of methoxy groups -OCH3 is 1. The van der Waals surface area contributed by atoms with Crippen molar-refractivity contribution in [3.05, 3.63) is 23.8 Å². The largest absolute Gasteiger partial charge is 0.493 e. The number of hydrogen-bond acceptors (Lipinski definition) is 4. The molecule has 0 atom stereocenters. The van der Waals surface area contributed by atoms with Crippen molar-refractivity contribution in [2.24, 2.45) is 0 Å². The quantitative estimate of drug-likeness (QED) is 0.600. The molecular formula is C17H29NO3. The number of benzene rings is 1. The first kappa shape index (κ1) is 17.8. The molecule has 21 heavy (non-hydrogen) atoms. The summed E-state index contributed by atoms with van der Waals surface area (Å²) >= 11 is 0. The maximum atomic E-state index is 5.72. The van der Waals surface area contributed by atoms with Gasteiger partial charge in [0.1, 0.15) is 6.61 Å². The van der Waals surface area contributed by atoms with E-state index in [2.05, 4.69) is 25.2 Å². The van der Waals surface area contributed by atoms with E-state index < -0.39 is 0 Å². The van der Waals surface area contributed by atoms with Crippen LogP contribution in [-0.4, -0.2) is 33.5 Å². The van der Waals surface area contributed by atoms with E-state index in [-0.39, 0.29) is 0 Å². The summed E-state index contributed by atoms with van der Waals surface area (Å²) in [7, 11) is 1.67. The maximum absolute atomic E-state index is 5.72. The van der Waals surface area contributed by atoms with Crippen molar-refractivity contribution in [2.75, 3.05) is 33.5 Å². The lowest BCUT2D eigenvalue weighted by Crippen LogP contribution is -2.14. The molecule has 0 aliphatic carbocycles. The summed E-state index contributed by atoms with van der Waals surface area (Å²) in [4.78, 5) is 0. The monoisotopic (exact) mass is 295 g/mol. The van der Waals surface area contributed by atoms with Crippen LogP contribution >= 0.6 is 0 Å². The Balaban J connectivity index is 2.39. The van der Waals surface area contributed by atoms with E-state index in [1.165, 1.54) is 5.56 Å². The normalized spacial score (nSPS) is 10.6. The average molecular weight is 295 g/mol. The van der Waals surface area contributed by atoms with Crippen LogP contribution in [0.3, 0.4) is 0 Å². The molecule has 0 aromatic heterocycles. The summed E-state index contributed by atoms with van der Waals surface area (Å²) in [6, 6.07) is 6.06. The highest BCUT2D eigenvalue weighted by atomic mass is 16.5. The first-order valence-electron chi connectivity index (χ1n) is 7.90. The van der Waals surface area contributed by atoms with Crippen LogP contribution in [0.1, 0.15) is 38.7 Å². The van der Waals surface area contributed by atoms with Gasteiger partial charge in [-0.1, -0.05) is 26.3 Å². The Morgan fingerprint density at radius 1 is 1.00 bits per heavy atom. The molecule has 0 unspecified atom stereocenters. The van der Waals surface area contributed by atoms with Crippen molar-refractivity contribution in [1.29, 1.82) is 0 Å².